The molecule has 5 heteroatoms. The second-order valence-electron chi connectivity index (χ2n) is 6.97. The van der Waals surface area contributed by atoms with Crippen molar-refractivity contribution in [2.24, 2.45) is 0 Å². The third-order valence-electron chi connectivity index (χ3n) is 3.96. The Labute approximate surface area is 136 Å². The molecule has 0 saturated carbocycles. The molecule has 0 atom stereocenters. The quantitative estimate of drug-likeness (QED) is 0.867. The van der Waals surface area contributed by atoms with Gasteiger partial charge in [0.2, 0.25) is 0 Å². The number of nitrogens with zero attached hydrogens (tertiary/aromatic N) is 1. The number of hydrogen-bond donors (Lipinski definition) is 1. The molecule has 2 aliphatic heterocycles. The van der Waals surface area contributed by atoms with Gasteiger partial charge in [-0.15, -0.1) is 0 Å². The molecule has 1 N–H and O–H groups in total. The van der Waals surface area contributed by atoms with E-state index >= 15 is 0 Å². The molecule has 122 valence electrons. The highest BCUT2D eigenvalue weighted by Crippen LogP contribution is 2.26. The summed E-state index contributed by atoms with van der Waals surface area (Å²) in [5, 5.41) is 2.82. The molecule has 0 spiro atoms. The summed E-state index contributed by atoms with van der Waals surface area (Å²) in [4.78, 5) is 25.6. The molecule has 0 bridgehead atoms. The summed E-state index contributed by atoms with van der Waals surface area (Å²) < 4.78 is 5.45. The summed E-state index contributed by atoms with van der Waals surface area (Å²) in [6.07, 6.45) is 2.69. The molecule has 0 aliphatic carbocycles. The molecule has 0 aromatic heterocycles. The molecule has 2 amide bonds. The zero-order valence-corrected chi connectivity index (χ0v) is 13.8. The summed E-state index contributed by atoms with van der Waals surface area (Å²) in [6, 6.07) is 5.85. The number of hydrogen-bond acceptors (Lipinski definition) is 3. The number of amides is 2. The SMILES string of the molecule is CC(C)(C)OC(=O)N1CCC=C(c2ccc3c(c2)CNC3=O)C1. The number of rotatable bonds is 1. The minimum Gasteiger partial charge on any atom is -0.444 e. The van der Waals surface area contributed by atoms with Crippen molar-refractivity contribution in [3.8, 4) is 0 Å². The maximum absolute atomic E-state index is 12.2. The molecule has 0 radical (unpaired) electrons. The monoisotopic (exact) mass is 314 g/mol. The van der Waals surface area contributed by atoms with Gasteiger partial charge in [-0.1, -0.05) is 12.1 Å². The average molecular weight is 314 g/mol. The van der Waals surface area contributed by atoms with Gasteiger partial charge in [-0.05, 0) is 56.0 Å². The van der Waals surface area contributed by atoms with Crippen LogP contribution in [-0.2, 0) is 11.3 Å². The molecule has 2 aliphatic rings. The fourth-order valence-corrected chi connectivity index (χ4v) is 2.87. The Hall–Kier alpha value is -2.30. The largest absolute Gasteiger partial charge is 0.444 e. The van der Waals surface area contributed by atoms with Gasteiger partial charge in [-0.3, -0.25) is 4.79 Å². The van der Waals surface area contributed by atoms with Crippen LogP contribution in [0.5, 0.6) is 0 Å². The first-order valence-corrected chi connectivity index (χ1v) is 7.92. The van der Waals surface area contributed by atoms with Crippen LogP contribution < -0.4 is 5.32 Å². The topological polar surface area (TPSA) is 58.6 Å². The minimum atomic E-state index is -0.488. The van der Waals surface area contributed by atoms with E-state index in [1.165, 1.54) is 0 Å². The Morgan fingerprint density at radius 2 is 2.09 bits per heavy atom. The van der Waals surface area contributed by atoms with Crippen molar-refractivity contribution in [2.45, 2.75) is 39.3 Å². The van der Waals surface area contributed by atoms with E-state index in [1.54, 1.807) is 4.90 Å². The molecule has 3 rings (SSSR count). The van der Waals surface area contributed by atoms with Crippen LogP contribution in [0.15, 0.2) is 24.3 Å². The number of carbonyl (C=O) groups excluding carboxylic acids is 2. The fourth-order valence-electron chi connectivity index (χ4n) is 2.87. The number of fused-ring (bicyclic) bond motifs is 1. The molecular weight excluding hydrogens is 292 g/mol. The van der Waals surface area contributed by atoms with Crippen LogP contribution in [0.2, 0.25) is 0 Å². The van der Waals surface area contributed by atoms with Crippen LogP contribution in [0.4, 0.5) is 4.79 Å². The van der Waals surface area contributed by atoms with Crippen molar-refractivity contribution in [1.82, 2.24) is 10.2 Å². The van der Waals surface area contributed by atoms with E-state index in [4.69, 9.17) is 4.74 Å². The standard InChI is InChI=1S/C18H22N2O3/c1-18(2,3)23-17(22)20-8-4-5-13(11-20)12-6-7-15-14(9-12)10-19-16(15)21/h5-7,9H,4,8,10-11H2,1-3H3,(H,19,21). The predicted molar refractivity (Wildman–Crippen MR) is 88.0 cm³/mol. The Morgan fingerprint density at radius 1 is 1.30 bits per heavy atom. The minimum absolute atomic E-state index is 0.0143. The van der Waals surface area contributed by atoms with Crippen molar-refractivity contribution in [2.75, 3.05) is 13.1 Å². The van der Waals surface area contributed by atoms with E-state index in [-0.39, 0.29) is 12.0 Å². The first-order chi connectivity index (χ1) is 10.8. The van der Waals surface area contributed by atoms with Crippen LogP contribution in [0.25, 0.3) is 5.57 Å². The van der Waals surface area contributed by atoms with Crippen LogP contribution in [0, 0.1) is 0 Å². The van der Waals surface area contributed by atoms with E-state index < -0.39 is 5.60 Å². The van der Waals surface area contributed by atoms with Gasteiger partial charge in [0.15, 0.2) is 0 Å². The molecule has 23 heavy (non-hydrogen) atoms. The maximum Gasteiger partial charge on any atom is 0.410 e. The van der Waals surface area contributed by atoms with Crippen LogP contribution in [-0.4, -0.2) is 35.6 Å². The van der Waals surface area contributed by atoms with Crippen LogP contribution in [0.3, 0.4) is 0 Å². The second kappa shape index (κ2) is 5.72. The molecule has 2 heterocycles. The van der Waals surface area contributed by atoms with Gasteiger partial charge in [0, 0.05) is 25.2 Å². The molecule has 0 saturated heterocycles. The lowest BCUT2D eigenvalue weighted by Gasteiger charge is -2.30. The lowest BCUT2D eigenvalue weighted by atomic mass is 9.97. The Balaban J connectivity index is 1.75. The number of carbonyl (C=O) groups is 2. The highest BCUT2D eigenvalue weighted by Gasteiger charge is 2.25. The van der Waals surface area contributed by atoms with E-state index in [0.717, 1.165) is 28.7 Å². The van der Waals surface area contributed by atoms with Gasteiger partial charge in [-0.25, -0.2) is 4.79 Å². The first kappa shape index (κ1) is 15.6. The Kier molecular flexibility index (Phi) is 3.88. The van der Waals surface area contributed by atoms with Crippen LogP contribution >= 0.6 is 0 Å². The lowest BCUT2D eigenvalue weighted by Crippen LogP contribution is -2.39. The highest BCUT2D eigenvalue weighted by atomic mass is 16.6. The Morgan fingerprint density at radius 3 is 2.83 bits per heavy atom. The maximum atomic E-state index is 12.2. The van der Waals surface area contributed by atoms with Crippen molar-refractivity contribution < 1.29 is 14.3 Å². The van der Waals surface area contributed by atoms with Crippen molar-refractivity contribution in [3.05, 3.63) is 41.0 Å². The van der Waals surface area contributed by atoms with Gasteiger partial charge >= 0.3 is 6.09 Å². The lowest BCUT2D eigenvalue weighted by molar-refractivity contribution is 0.0273. The second-order valence-corrected chi connectivity index (χ2v) is 6.97. The molecule has 0 fully saturated rings. The van der Waals surface area contributed by atoms with Gasteiger partial charge < -0.3 is 15.0 Å². The smallest absolute Gasteiger partial charge is 0.410 e. The summed E-state index contributed by atoms with van der Waals surface area (Å²) in [6.45, 7) is 7.39. The van der Waals surface area contributed by atoms with Crippen molar-refractivity contribution >= 4 is 17.6 Å². The van der Waals surface area contributed by atoms with Gasteiger partial charge in [0.05, 0.1) is 0 Å². The van der Waals surface area contributed by atoms with Crippen molar-refractivity contribution in [1.29, 1.82) is 0 Å². The average Bonchev–Trinajstić information content (AvgIpc) is 2.87. The number of benzene rings is 1. The molecule has 1 aromatic carbocycles. The van der Waals surface area contributed by atoms with E-state index in [0.29, 0.717) is 19.6 Å². The van der Waals surface area contributed by atoms with Crippen molar-refractivity contribution in [3.63, 3.8) is 0 Å². The molecule has 0 unspecified atom stereocenters. The zero-order chi connectivity index (χ0) is 16.6. The molecule has 5 nitrogen and oxygen atoms in total. The van der Waals surface area contributed by atoms with Gasteiger partial charge in [-0.2, -0.15) is 0 Å². The van der Waals surface area contributed by atoms with Gasteiger partial charge in [0.25, 0.3) is 5.91 Å². The fraction of sp³-hybridized carbons (Fsp3) is 0.444. The summed E-state index contributed by atoms with van der Waals surface area (Å²) in [7, 11) is 0. The van der Waals surface area contributed by atoms with E-state index in [9.17, 15) is 9.59 Å². The summed E-state index contributed by atoms with van der Waals surface area (Å²) >= 11 is 0. The highest BCUT2D eigenvalue weighted by molar-refractivity contribution is 5.98. The number of ether oxygens (including phenoxy) is 1. The van der Waals surface area contributed by atoms with E-state index in [2.05, 4.69) is 11.4 Å². The molecule has 1 aromatic rings. The Bertz CT molecular complexity index is 686. The normalized spacial score (nSPS) is 17.4. The van der Waals surface area contributed by atoms with E-state index in [1.807, 2.05) is 39.0 Å². The third kappa shape index (κ3) is 3.38. The van der Waals surface area contributed by atoms with Gasteiger partial charge in [0.1, 0.15) is 5.60 Å². The third-order valence-corrected chi connectivity index (χ3v) is 3.96. The summed E-state index contributed by atoms with van der Waals surface area (Å²) in [5.41, 5.74) is 3.44. The molecular formula is C18H22N2O3. The van der Waals surface area contributed by atoms with Crippen LogP contribution in [0.1, 0.15) is 48.7 Å². The zero-order valence-electron chi connectivity index (χ0n) is 13.8. The first-order valence-electron chi connectivity index (χ1n) is 7.92. The number of nitrogens with one attached hydrogen (secondary N) is 1. The summed E-state index contributed by atoms with van der Waals surface area (Å²) in [5.74, 6) is -0.0143. The predicted octanol–water partition coefficient (Wildman–Crippen LogP) is 2.95.